The molecule has 0 saturated heterocycles. The number of hydrogen-bond donors (Lipinski definition) is 1. The molecule has 1 rings (SSSR count). The van der Waals surface area contributed by atoms with Crippen molar-refractivity contribution in [3.63, 3.8) is 0 Å². The van der Waals surface area contributed by atoms with Gasteiger partial charge in [0, 0.05) is 24.5 Å². The maximum atomic E-state index is 10.7. The molecule has 1 amide bonds. The molecular weight excluding hydrogens is 198 g/mol. The molecule has 0 atom stereocenters. The number of nitrogens with one attached hydrogen (secondary N) is 1. The number of nitrogens with zero attached hydrogens (tertiary/aromatic N) is 2. The normalized spacial score (nSPS) is 10.6. The van der Waals surface area contributed by atoms with Crippen LogP contribution in [0.3, 0.4) is 0 Å². The Morgan fingerprint density at radius 2 is 2.43 bits per heavy atom. The Morgan fingerprint density at radius 3 is 3.00 bits per heavy atom. The van der Waals surface area contributed by atoms with Crippen molar-refractivity contribution in [3.8, 4) is 0 Å². The first kappa shape index (κ1) is 11.1. The fraction of sp³-hybridized carbons (Fsp3) is 0.556. The van der Waals surface area contributed by atoms with Gasteiger partial charge in [-0.25, -0.2) is 4.98 Å². The topological polar surface area (TPSA) is 45.2 Å². The third kappa shape index (κ3) is 3.43. The quantitative estimate of drug-likeness (QED) is 0.825. The molecule has 0 fully saturated rings. The van der Waals surface area contributed by atoms with E-state index in [1.807, 2.05) is 6.20 Å². The molecule has 1 heterocycles. The van der Waals surface area contributed by atoms with Crippen LogP contribution in [-0.2, 0) is 11.3 Å². The monoisotopic (exact) mass is 213 g/mol. The molecule has 0 aliphatic rings. The Hall–Kier alpha value is -0.940. The van der Waals surface area contributed by atoms with Crippen LogP contribution in [0.15, 0.2) is 6.20 Å². The van der Waals surface area contributed by atoms with Gasteiger partial charge >= 0.3 is 0 Å². The largest absolute Gasteiger partial charge is 0.302 e. The van der Waals surface area contributed by atoms with E-state index in [2.05, 4.69) is 29.2 Å². The number of thiazole rings is 1. The minimum absolute atomic E-state index is 0.0743. The Balaban J connectivity index is 2.54. The zero-order chi connectivity index (χ0) is 10.6. The number of carbonyl (C=O) groups excluding carboxylic acids is 1. The van der Waals surface area contributed by atoms with Crippen LogP contribution in [0.4, 0.5) is 5.13 Å². The molecule has 1 aromatic rings. The summed E-state index contributed by atoms with van der Waals surface area (Å²) in [6, 6.07) is 0. The first-order chi connectivity index (χ1) is 6.61. The average Bonchev–Trinajstić information content (AvgIpc) is 2.51. The first-order valence-electron chi connectivity index (χ1n) is 4.52. The van der Waals surface area contributed by atoms with E-state index < -0.39 is 0 Å². The fourth-order valence-electron chi connectivity index (χ4n) is 0.967. The number of carbonyl (C=O) groups is 1. The third-order valence-corrected chi connectivity index (χ3v) is 2.70. The van der Waals surface area contributed by atoms with Crippen LogP contribution in [0, 0.1) is 0 Å². The van der Waals surface area contributed by atoms with Crippen LogP contribution < -0.4 is 5.32 Å². The third-order valence-electron chi connectivity index (χ3n) is 1.80. The van der Waals surface area contributed by atoms with Crippen LogP contribution in [-0.4, -0.2) is 29.4 Å². The molecule has 78 valence electrons. The summed E-state index contributed by atoms with van der Waals surface area (Å²) in [5, 5.41) is 3.34. The maximum absolute atomic E-state index is 10.7. The van der Waals surface area contributed by atoms with Gasteiger partial charge in [-0.3, -0.25) is 4.79 Å². The van der Waals surface area contributed by atoms with Gasteiger partial charge in [0.05, 0.1) is 0 Å². The highest BCUT2D eigenvalue weighted by molar-refractivity contribution is 7.15. The highest BCUT2D eigenvalue weighted by Crippen LogP contribution is 2.18. The summed E-state index contributed by atoms with van der Waals surface area (Å²) in [6.45, 7) is 5.48. The van der Waals surface area contributed by atoms with E-state index in [4.69, 9.17) is 0 Å². The zero-order valence-corrected chi connectivity index (χ0v) is 9.52. The Bertz CT molecular complexity index is 311. The number of hydrogen-bond acceptors (Lipinski definition) is 4. The summed E-state index contributed by atoms with van der Waals surface area (Å²) in [4.78, 5) is 18.2. The van der Waals surface area contributed by atoms with Gasteiger partial charge in [0.2, 0.25) is 5.91 Å². The van der Waals surface area contributed by atoms with Gasteiger partial charge in [-0.15, -0.1) is 11.3 Å². The summed E-state index contributed by atoms with van der Waals surface area (Å²) < 4.78 is 0. The Labute approximate surface area is 88.0 Å². The van der Waals surface area contributed by atoms with E-state index in [0.29, 0.717) is 5.13 Å². The molecule has 0 bridgehead atoms. The molecule has 0 aliphatic heterocycles. The van der Waals surface area contributed by atoms with Gasteiger partial charge in [-0.1, -0.05) is 6.92 Å². The second-order valence-electron chi connectivity index (χ2n) is 3.14. The predicted octanol–water partition coefficient (Wildman–Crippen LogP) is 1.55. The number of aromatic nitrogens is 1. The van der Waals surface area contributed by atoms with Gasteiger partial charge in [-0.05, 0) is 13.6 Å². The standard InChI is InChI=1S/C9H15N3OS/c1-4-12(3)6-8-5-10-9(14-8)11-7(2)13/h5H,4,6H2,1-3H3,(H,10,11,13). The number of anilines is 1. The summed E-state index contributed by atoms with van der Waals surface area (Å²) in [5.74, 6) is -0.0743. The van der Waals surface area contributed by atoms with Gasteiger partial charge in [0.15, 0.2) is 5.13 Å². The minimum atomic E-state index is -0.0743. The van der Waals surface area contributed by atoms with Gasteiger partial charge in [-0.2, -0.15) is 0 Å². The van der Waals surface area contributed by atoms with Crippen LogP contribution in [0.2, 0.25) is 0 Å². The predicted molar refractivity (Wildman–Crippen MR) is 58.4 cm³/mol. The number of amides is 1. The zero-order valence-electron chi connectivity index (χ0n) is 8.70. The van der Waals surface area contributed by atoms with Crippen LogP contribution in [0.25, 0.3) is 0 Å². The van der Waals surface area contributed by atoms with E-state index in [0.717, 1.165) is 18.0 Å². The molecule has 0 aromatic carbocycles. The van der Waals surface area contributed by atoms with Gasteiger partial charge in [0.25, 0.3) is 0 Å². The lowest BCUT2D eigenvalue weighted by Crippen LogP contribution is -2.15. The summed E-state index contributed by atoms with van der Waals surface area (Å²) in [5.41, 5.74) is 0. The highest BCUT2D eigenvalue weighted by Gasteiger charge is 2.04. The van der Waals surface area contributed by atoms with E-state index in [1.165, 1.54) is 18.3 Å². The molecule has 4 nitrogen and oxygen atoms in total. The van der Waals surface area contributed by atoms with Gasteiger partial charge < -0.3 is 10.2 Å². The molecular formula is C9H15N3OS. The van der Waals surface area contributed by atoms with Crippen molar-refractivity contribution >= 4 is 22.4 Å². The summed E-state index contributed by atoms with van der Waals surface area (Å²) in [7, 11) is 2.05. The lowest BCUT2D eigenvalue weighted by atomic mass is 10.5. The number of rotatable bonds is 4. The van der Waals surface area contributed by atoms with Crippen LogP contribution in [0.5, 0.6) is 0 Å². The molecule has 0 spiro atoms. The first-order valence-corrected chi connectivity index (χ1v) is 5.34. The summed E-state index contributed by atoms with van der Waals surface area (Å²) >= 11 is 1.52. The smallest absolute Gasteiger partial charge is 0.223 e. The van der Waals surface area contributed by atoms with Crippen molar-refractivity contribution < 1.29 is 4.79 Å². The average molecular weight is 213 g/mol. The molecule has 1 N–H and O–H groups in total. The van der Waals surface area contributed by atoms with Gasteiger partial charge in [0.1, 0.15) is 0 Å². The van der Waals surface area contributed by atoms with Crippen LogP contribution in [0.1, 0.15) is 18.7 Å². The second kappa shape index (κ2) is 5.07. The van der Waals surface area contributed by atoms with Crippen molar-refractivity contribution in [2.24, 2.45) is 0 Å². The van der Waals surface area contributed by atoms with E-state index >= 15 is 0 Å². The van der Waals surface area contributed by atoms with E-state index in [1.54, 1.807) is 0 Å². The van der Waals surface area contributed by atoms with E-state index in [9.17, 15) is 4.79 Å². The van der Waals surface area contributed by atoms with Crippen molar-refractivity contribution in [2.75, 3.05) is 18.9 Å². The highest BCUT2D eigenvalue weighted by atomic mass is 32.1. The molecule has 0 radical (unpaired) electrons. The van der Waals surface area contributed by atoms with Crippen molar-refractivity contribution in [1.29, 1.82) is 0 Å². The molecule has 5 heteroatoms. The summed E-state index contributed by atoms with van der Waals surface area (Å²) in [6.07, 6.45) is 1.81. The van der Waals surface area contributed by atoms with E-state index in [-0.39, 0.29) is 5.91 Å². The fourth-order valence-corrected chi connectivity index (χ4v) is 1.91. The Morgan fingerprint density at radius 1 is 1.71 bits per heavy atom. The molecule has 0 aliphatic carbocycles. The van der Waals surface area contributed by atoms with Crippen molar-refractivity contribution in [3.05, 3.63) is 11.1 Å². The molecule has 1 aromatic heterocycles. The Kier molecular flexibility index (Phi) is 4.03. The molecule has 0 saturated carbocycles. The van der Waals surface area contributed by atoms with Crippen molar-refractivity contribution in [2.45, 2.75) is 20.4 Å². The SMILES string of the molecule is CCN(C)Cc1cnc(NC(C)=O)s1. The second-order valence-corrected chi connectivity index (χ2v) is 4.26. The lowest BCUT2D eigenvalue weighted by Gasteiger charge is -2.10. The minimum Gasteiger partial charge on any atom is -0.302 e. The lowest BCUT2D eigenvalue weighted by molar-refractivity contribution is -0.114. The molecule has 0 unspecified atom stereocenters. The molecule has 14 heavy (non-hydrogen) atoms. The maximum Gasteiger partial charge on any atom is 0.223 e. The van der Waals surface area contributed by atoms with Crippen LogP contribution >= 0.6 is 11.3 Å². The van der Waals surface area contributed by atoms with Crippen molar-refractivity contribution in [1.82, 2.24) is 9.88 Å².